The monoisotopic (exact) mass is 488 g/mol. The number of aromatic nitrogens is 1. The molecule has 3 heterocycles. The molecule has 0 saturated heterocycles. The second kappa shape index (κ2) is 8.92. The number of phenolic OH excluding ortho intramolecular Hbond substituents is 1. The Labute approximate surface area is 204 Å². The molecule has 1 atom stereocenters. The summed E-state index contributed by atoms with van der Waals surface area (Å²) in [5.74, 6) is -1.61. The predicted octanol–water partition coefficient (Wildman–Crippen LogP) is 4.09. The number of aliphatic carboxylic acids is 1. The fraction of sp³-hybridized carbons (Fsp3) is 0.222. The highest BCUT2D eigenvalue weighted by Gasteiger charge is 2.23. The summed E-state index contributed by atoms with van der Waals surface area (Å²) in [6.07, 6.45) is 3.35. The van der Waals surface area contributed by atoms with Gasteiger partial charge in [0.1, 0.15) is 23.0 Å². The van der Waals surface area contributed by atoms with Crippen LogP contribution in [0.1, 0.15) is 28.7 Å². The highest BCUT2D eigenvalue weighted by molar-refractivity contribution is 5.96. The van der Waals surface area contributed by atoms with E-state index in [4.69, 9.17) is 8.83 Å². The average molecular weight is 488 g/mol. The first kappa shape index (κ1) is 23.2. The van der Waals surface area contributed by atoms with Crippen LogP contribution in [-0.4, -0.2) is 33.1 Å². The van der Waals surface area contributed by atoms with Crippen molar-refractivity contribution in [2.24, 2.45) is 0 Å². The van der Waals surface area contributed by atoms with E-state index in [9.17, 15) is 24.6 Å². The Morgan fingerprint density at radius 3 is 2.67 bits per heavy atom. The Morgan fingerprint density at radius 1 is 1.08 bits per heavy atom. The lowest BCUT2D eigenvalue weighted by Crippen LogP contribution is -2.42. The Balaban J connectivity index is 1.33. The van der Waals surface area contributed by atoms with Crippen LogP contribution in [0.2, 0.25) is 0 Å². The maximum atomic E-state index is 12.7. The van der Waals surface area contributed by atoms with Gasteiger partial charge in [-0.05, 0) is 61.2 Å². The molecule has 5 aromatic rings. The zero-order valence-electron chi connectivity index (χ0n) is 19.7. The summed E-state index contributed by atoms with van der Waals surface area (Å²) in [5.41, 5.74) is 3.94. The summed E-state index contributed by atoms with van der Waals surface area (Å²) in [7, 11) is 0. The number of nitrogens with one attached hydrogen (secondary N) is 2. The smallest absolute Gasteiger partial charge is 0.339 e. The Bertz CT molecular complexity index is 1710. The van der Waals surface area contributed by atoms with Crippen molar-refractivity contribution in [2.45, 2.75) is 39.2 Å². The van der Waals surface area contributed by atoms with Crippen molar-refractivity contribution >= 4 is 44.7 Å². The molecule has 0 bridgehead atoms. The number of carbonyl (C=O) groups is 2. The molecule has 1 amide bonds. The number of benzene rings is 2. The lowest BCUT2D eigenvalue weighted by molar-refractivity contribution is -0.141. The molecule has 2 aromatic carbocycles. The van der Waals surface area contributed by atoms with Gasteiger partial charge in [-0.25, -0.2) is 9.59 Å². The van der Waals surface area contributed by atoms with Gasteiger partial charge in [-0.2, -0.15) is 0 Å². The number of fused-ring (bicyclic) bond motifs is 3. The third-order valence-electron chi connectivity index (χ3n) is 6.59. The van der Waals surface area contributed by atoms with E-state index in [-0.39, 0.29) is 25.0 Å². The van der Waals surface area contributed by atoms with Gasteiger partial charge in [0.2, 0.25) is 5.91 Å². The Hall–Kier alpha value is -4.53. The lowest BCUT2D eigenvalue weighted by Gasteiger charge is -2.15. The average Bonchev–Trinajstić information content (AvgIpc) is 3.40. The van der Waals surface area contributed by atoms with Crippen LogP contribution in [0.15, 0.2) is 56.4 Å². The number of aromatic hydroxyl groups is 1. The van der Waals surface area contributed by atoms with Gasteiger partial charge < -0.3 is 29.3 Å². The Kier molecular flexibility index (Phi) is 5.75. The summed E-state index contributed by atoms with van der Waals surface area (Å²) in [5, 5.41) is 24.4. The van der Waals surface area contributed by atoms with E-state index in [1.165, 1.54) is 6.07 Å². The number of hydrogen-bond donors (Lipinski definition) is 4. The molecule has 9 heteroatoms. The second-order valence-electron chi connectivity index (χ2n) is 8.96. The number of amides is 1. The largest absolute Gasteiger partial charge is 0.508 e. The molecule has 0 saturated carbocycles. The van der Waals surface area contributed by atoms with Crippen molar-refractivity contribution in [3.8, 4) is 5.75 Å². The molecule has 36 heavy (non-hydrogen) atoms. The highest BCUT2D eigenvalue weighted by atomic mass is 16.4. The normalized spacial score (nSPS) is 12.4. The molecule has 0 fully saturated rings. The zero-order valence-corrected chi connectivity index (χ0v) is 19.7. The molecule has 0 aliphatic rings. The van der Waals surface area contributed by atoms with Crippen LogP contribution < -0.4 is 10.9 Å². The van der Waals surface area contributed by atoms with Crippen molar-refractivity contribution < 1.29 is 28.6 Å². The van der Waals surface area contributed by atoms with Crippen LogP contribution in [-0.2, 0) is 22.4 Å². The fourth-order valence-corrected chi connectivity index (χ4v) is 4.59. The van der Waals surface area contributed by atoms with Gasteiger partial charge in [-0.3, -0.25) is 4.79 Å². The maximum Gasteiger partial charge on any atom is 0.339 e. The molecule has 0 aliphatic carbocycles. The van der Waals surface area contributed by atoms with Crippen LogP contribution in [0.5, 0.6) is 5.75 Å². The maximum absolute atomic E-state index is 12.7. The van der Waals surface area contributed by atoms with E-state index in [1.54, 1.807) is 37.6 Å². The summed E-state index contributed by atoms with van der Waals surface area (Å²) in [6, 6.07) is 7.19. The lowest BCUT2D eigenvalue weighted by atomic mass is 10.00. The molecule has 9 nitrogen and oxygen atoms in total. The van der Waals surface area contributed by atoms with Gasteiger partial charge in [-0.15, -0.1) is 0 Å². The summed E-state index contributed by atoms with van der Waals surface area (Å²) < 4.78 is 11.0. The predicted molar refractivity (Wildman–Crippen MR) is 133 cm³/mol. The summed E-state index contributed by atoms with van der Waals surface area (Å²) in [6.45, 7) is 3.73. The van der Waals surface area contributed by atoms with E-state index in [0.717, 1.165) is 21.9 Å². The molecule has 0 radical (unpaired) electrons. The molecule has 1 unspecified atom stereocenters. The minimum atomic E-state index is -1.18. The zero-order chi connectivity index (χ0) is 25.6. The van der Waals surface area contributed by atoms with Crippen LogP contribution >= 0.6 is 0 Å². The van der Waals surface area contributed by atoms with Crippen LogP contribution in [0.4, 0.5) is 0 Å². The quantitative estimate of drug-likeness (QED) is 0.252. The van der Waals surface area contributed by atoms with E-state index in [0.29, 0.717) is 33.2 Å². The standard InChI is InChI=1S/C27H24N2O7/c1-13-12-35-23-10-24-19(9-18(13)23)14(2)17(27(34)36-24)4-6-25(31)29-22(26(32)33)7-15-11-28-21-5-3-16(30)8-20(15)21/h3,5,8-12,22,28,30H,4,6-7H2,1-2H3,(H,29,31)(H,32,33). The van der Waals surface area contributed by atoms with E-state index < -0.39 is 23.5 Å². The Morgan fingerprint density at radius 2 is 1.89 bits per heavy atom. The number of carbonyl (C=O) groups excluding carboxylic acids is 1. The number of hydrogen-bond acceptors (Lipinski definition) is 6. The number of phenols is 1. The van der Waals surface area contributed by atoms with Gasteiger partial charge in [0.15, 0.2) is 0 Å². The van der Waals surface area contributed by atoms with Crippen LogP contribution in [0, 0.1) is 13.8 Å². The molecular formula is C27H24N2O7. The molecule has 4 N–H and O–H groups in total. The van der Waals surface area contributed by atoms with Gasteiger partial charge in [0, 0.05) is 52.3 Å². The van der Waals surface area contributed by atoms with Crippen molar-refractivity contribution in [2.75, 3.05) is 0 Å². The first-order valence-corrected chi connectivity index (χ1v) is 11.5. The van der Waals surface area contributed by atoms with Crippen molar-refractivity contribution in [3.63, 3.8) is 0 Å². The number of carboxylic acid groups (broad SMARTS) is 1. The van der Waals surface area contributed by atoms with Gasteiger partial charge in [0.05, 0.1) is 6.26 Å². The van der Waals surface area contributed by atoms with Crippen LogP contribution in [0.25, 0.3) is 32.8 Å². The highest BCUT2D eigenvalue weighted by Crippen LogP contribution is 2.29. The molecule has 0 aliphatic heterocycles. The number of aryl methyl sites for hydroxylation is 2. The SMILES string of the molecule is Cc1coc2cc3oc(=O)c(CCC(=O)NC(Cc4c[nH]c5ccc(O)cc45)C(=O)O)c(C)c3cc12. The molecule has 184 valence electrons. The van der Waals surface area contributed by atoms with Gasteiger partial charge in [-0.1, -0.05) is 0 Å². The molecule has 5 rings (SSSR count). The number of rotatable bonds is 7. The summed E-state index contributed by atoms with van der Waals surface area (Å²) in [4.78, 5) is 40.2. The first-order chi connectivity index (χ1) is 17.2. The molecule has 3 aromatic heterocycles. The van der Waals surface area contributed by atoms with E-state index >= 15 is 0 Å². The minimum Gasteiger partial charge on any atom is -0.508 e. The fourth-order valence-electron chi connectivity index (χ4n) is 4.59. The van der Waals surface area contributed by atoms with E-state index in [1.807, 2.05) is 13.0 Å². The first-order valence-electron chi connectivity index (χ1n) is 11.5. The van der Waals surface area contributed by atoms with Crippen molar-refractivity contribution in [3.05, 3.63) is 75.5 Å². The molecular weight excluding hydrogens is 464 g/mol. The second-order valence-corrected chi connectivity index (χ2v) is 8.96. The summed E-state index contributed by atoms with van der Waals surface area (Å²) >= 11 is 0. The third-order valence-corrected chi connectivity index (χ3v) is 6.59. The number of carboxylic acids is 1. The number of H-pyrrole nitrogens is 1. The van der Waals surface area contributed by atoms with Crippen molar-refractivity contribution in [1.29, 1.82) is 0 Å². The van der Waals surface area contributed by atoms with Gasteiger partial charge in [0.25, 0.3) is 0 Å². The topological polar surface area (TPSA) is 146 Å². The molecule has 0 spiro atoms. The minimum absolute atomic E-state index is 0.0295. The van der Waals surface area contributed by atoms with Crippen LogP contribution in [0.3, 0.4) is 0 Å². The van der Waals surface area contributed by atoms with Gasteiger partial charge >= 0.3 is 11.6 Å². The number of furan rings is 1. The van der Waals surface area contributed by atoms with E-state index in [2.05, 4.69) is 10.3 Å². The third kappa shape index (κ3) is 4.19. The van der Waals surface area contributed by atoms with Crippen molar-refractivity contribution in [1.82, 2.24) is 10.3 Å². The number of aromatic amines is 1.